The minimum absolute atomic E-state index is 0.269. The van der Waals surface area contributed by atoms with Crippen LogP contribution in [0.2, 0.25) is 18.1 Å². The van der Waals surface area contributed by atoms with Gasteiger partial charge in [-0.25, -0.2) is 0 Å². The third-order valence-electron chi connectivity index (χ3n) is 10.6. The van der Waals surface area contributed by atoms with E-state index < -0.39 is 8.32 Å². The third-order valence-corrected chi connectivity index (χ3v) is 15.1. The van der Waals surface area contributed by atoms with E-state index in [1.165, 1.54) is 62.5 Å². The van der Waals surface area contributed by atoms with Crippen molar-refractivity contribution in [1.29, 1.82) is 0 Å². The van der Waals surface area contributed by atoms with Gasteiger partial charge in [0, 0.05) is 6.10 Å². The molecule has 0 saturated heterocycles. The van der Waals surface area contributed by atoms with Crippen LogP contribution in [0, 0.1) is 29.1 Å². The number of hydrogen-bond acceptors (Lipinski definition) is 1. The van der Waals surface area contributed by atoms with Crippen LogP contribution in [0.3, 0.4) is 0 Å². The molecule has 0 aliphatic heterocycles. The van der Waals surface area contributed by atoms with E-state index in [1.807, 2.05) is 0 Å². The summed E-state index contributed by atoms with van der Waals surface area (Å²) in [5.41, 5.74) is 5.05. The van der Waals surface area contributed by atoms with Crippen LogP contribution in [0.25, 0.3) is 0 Å². The zero-order valence-corrected chi connectivity index (χ0v) is 25.9. The van der Waals surface area contributed by atoms with Crippen LogP contribution in [-0.4, -0.2) is 14.4 Å². The van der Waals surface area contributed by atoms with Gasteiger partial charge in [-0.2, -0.15) is 0 Å². The molecule has 0 bridgehead atoms. The summed E-state index contributed by atoms with van der Waals surface area (Å²) >= 11 is 0. The van der Waals surface area contributed by atoms with Gasteiger partial charge in [0.25, 0.3) is 0 Å². The maximum absolute atomic E-state index is 6.82. The molecule has 3 aliphatic carbocycles. The Kier molecular flexibility index (Phi) is 9.45. The summed E-state index contributed by atoms with van der Waals surface area (Å²) < 4.78 is 6.82. The first-order valence-corrected chi connectivity index (χ1v) is 17.9. The van der Waals surface area contributed by atoms with E-state index >= 15 is 0 Å². The van der Waals surface area contributed by atoms with E-state index in [1.54, 1.807) is 5.57 Å². The maximum Gasteiger partial charge on any atom is 0.192 e. The molecule has 35 heavy (non-hydrogen) atoms. The van der Waals surface area contributed by atoms with Crippen LogP contribution in [0.15, 0.2) is 35.5 Å². The van der Waals surface area contributed by atoms with E-state index in [0.717, 1.165) is 42.9 Å². The minimum Gasteiger partial charge on any atom is -0.414 e. The summed E-state index contributed by atoms with van der Waals surface area (Å²) in [5.74, 6) is 3.41. The molecule has 0 aromatic carbocycles. The highest BCUT2D eigenvalue weighted by atomic mass is 28.4. The van der Waals surface area contributed by atoms with Crippen LogP contribution in [0.5, 0.6) is 0 Å². The Hall–Kier alpha value is -0.603. The molecule has 5 atom stereocenters. The Morgan fingerprint density at radius 3 is 2.43 bits per heavy atom. The Morgan fingerprint density at radius 2 is 1.77 bits per heavy atom. The minimum atomic E-state index is -1.73. The van der Waals surface area contributed by atoms with Crippen LogP contribution in [0.4, 0.5) is 0 Å². The first-order chi connectivity index (χ1) is 16.2. The fraction of sp³-hybridized carbons (Fsp3) is 0.818. The molecule has 0 radical (unpaired) electrons. The fourth-order valence-corrected chi connectivity index (χ4v) is 8.73. The summed E-state index contributed by atoms with van der Waals surface area (Å²) in [6.07, 6.45) is 19.8. The van der Waals surface area contributed by atoms with Gasteiger partial charge in [0.2, 0.25) is 0 Å². The molecule has 0 aromatic heterocycles. The predicted molar refractivity (Wildman–Crippen MR) is 157 cm³/mol. The van der Waals surface area contributed by atoms with Crippen LogP contribution in [-0.2, 0) is 4.43 Å². The largest absolute Gasteiger partial charge is 0.414 e. The zero-order chi connectivity index (χ0) is 26.0. The first kappa shape index (κ1) is 29.0. The van der Waals surface area contributed by atoms with Crippen molar-refractivity contribution in [3.8, 4) is 0 Å². The SMILES string of the molecule is C=C1CC[C@H](O[Si](C)(C)C(C)(C)C)C/C1=C\C=C1CCC[C@]2(C)[C@@H]([C@H](C)CCCC(C)C)CC[C@@H]12. The van der Waals surface area contributed by atoms with E-state index in [2.05, 4.69) is 80.3 Å². The van der Waals surface area contributed by atoms with Gasteiger partial charge in [0.1, 0.15) is 0 Å². The maximum atomic E-state index is 6.82. The summed E-state index contributed by atoms with van der Waals surface area (Å²) in [6, 6.07) is 0. The normalized spacial score (nSPS) is 33.5. The third kappa shape index (κ3) is 6.84. The molecule has 2 heteroatoms. The molecule has 200 valence electrons. The van der Waals surface area contributed by atoms with Crippen molar-refractivity contribution >= 4 is 8.32 Å². The van der Waals surface area contributed by atoms with E-state index in [0.29, 0.717) is 11.5 Å². The molecule has 0 amide bonds. The monoisotopic (exact) mass is 498 g/mol. The number of rotatable bonds is 8. The van der Waals surface area contributed by atoms with Crippen molar-refractivity contribution in [2.45, 2.75) is 143 Å². The average molecular weight is 499 g/mol. The molecule has 3 fully saturated rings. The molecular formula is C33H58OSi. The Morgan fingerprint density at radius 1 is 1.06 bits per heavy atom. The molecule has 0 aromatic rings. The topological polar surface area (TPSA) is 9.23 Å². The lowest BCUT2D eigenvalue weighted by Gasteiger charge is -2.44. The molecule has 0 spiro atoms. The zero-order valence-electron chi connectivity index (χ0n) is 24.9. The molecule has 1 nitrogen and oxygen atoms in total. The highest BCUT2D eigenvalue weighted by molar-refractivity contribution is 6.74. The highest BCUT2D eigenvalue weighted by Crippen LogP contribution is 2.60. The number of fused-ring (bicyclic) bond motifs is 1. The van der Waals surface area contributed by atoms with Crippen molar-refractivity contribution in [3.63, 3.8) is 0 Å². The average Bonchev–Trinajstić information content (AvgIpc) is 3.10. The second-order valence-electron chi connectivity index (χ2n) is 14.7. The van der Waals surface area contributed by atoms with E-state index in [4.69, 9.17) is 4.43 Å². The van der Waals surface area contributed by atoms with Crippen molar-refractivity contribution < 1.29 is 4.43 Å². The first-order valence-electron chi connectivity index (χ1n) is 15.0. The predicted octanol–water partition coefficient (Wildman–Crippen LogP) is 10.6. The fourth-order valence-electron chi connectivity index (χ4n) is 7.34. The quantitative estimate of drug-likeness (QED) is 0.302. The Bertz CT molecular complexity index is 794. The summed E-state index contributed by atoms with van der Waals surface area (Å²) in [7, 11) is -1.73. The number of hydrogen-bond donors (Lipinski definition) is 0. The summed E-state index contributed by atoms with van der Waals surface area (Å²) in [6.45, 7) is 26.2. The molecule has 3 saturated carbocycles. The Labute approximate surface area is 220 Å². The smallest absolute Gasteiger partial charge is 0.192 e. The van der Waals surface area contributed by atoms with Crippen molar-refractivity contribution in [3.05, 3.63) is 35.5 Å². The standard InChI is InChI=1S/C33H58OSi/c1-24(2)13-11-14-26(4)30-20-21-31-27(15-12-22-33(30,31)8)17-18-28-23-29(19-16-25(28)3)34-35(9,10)32(5,6)7/h17-18,24,26,29-31H,3,11-16,19-23H2,1-2,4-10H3/b27-17?,28-18+/t26-,29+,30-,31+,33-/m1/s1. The van der Waals surface area contributed by atoms with Gasteiger partial charge in [-0.05, 0) is 104 Å². The highest BCUT2D eigenvalue weighted by Gasteiger charge is 2.50. The van der Waals surface area contributed by atoms with Gasteiger partial charge in [-0.1, -0.05) is 97.6 Å². The second kappa shape index (κ2) is 11.4. The van der Waals surface area contributed by atoms with Gasteiger partial charge in [0.15, 0.2) is 8.32 Å². The van der Waals surface area contributed by atoms with Crippen molar-refractivity contribution in [1.82, 2.24) is 0 Å². The molecule has 0 unspecified atom stereocenters. The van der Waals surface area contributed by atoms with Crippen LogP contribution in [0.1, 0.15) is 119 Å². The van der Waals surface area contributed by atoms with Crippen LogP contribution >= 0.6 is 0 Å². The van der Waals surface area contributed by atoms with Crippen LogP contribution < -0.4 is 0 Å². The Balaban J connectivity index is 1.70. The van der Waals surface area contributed by atoms with Gasteiger partial charge >= 0.3 is 0 Å². The molecule has 0 N–H and O–H groups in total. The van der Waals surface area contributed by atoms with Gasteiger partial charge < -0.3 is 4.43 Å². The van der Waals surface area contributed by atoms with Crippen molar-refractivity contribution in [2.24, 2.45) is 29.1 Å². The van der Waals surface area contributed by atoms with Gasteiger partial charge in [-0.15, -0.1) is 0 Å². The lowest BCUT2D eigenvalue weighted by Crippen LogP contribution is -2.44. The van der Waals surface area contributed by atoms with E-state index in [9.17, 15) is 0 Å². The number of allylic oxidation sites excluding steroid dienone is 4. The molecule has 3 aliphatic rings. The molecular weight excluding hydrogens is 440 g/mol. The lowest BCUT2D eigenvalue weighted by atomic mass is 9.60. The summed E-state index contributed by atoms with van der Waals surface area (Å²) in [5, 5.41) is 0.269. The van der Waals surface area contributed by atoms with E-state index in [-0.39, 0.29) is 5.04 Å². The second-order valence-corrected chi connectivity index (χ2v) is 19.4. The van der Waals surface area contributed by atoms with Gasteiger partial charge in [-0.3, -0.25) is 0 Å². The van der Waals surface area contributed by atoms with Gasteiger partial charge in [0.05, 0.1) is 0 Å². The summed E-state index contributed by atoms with van der Waals surface area (Å²) in [4.78, 5) is 0. The molecule has 3 rings (SSSR count). The lowest BCUT2D eigenvalue weighted by molar-refractivity contribution is 0.0929. The van der Waals surface area contributed by atoms with Crippen molar-refractivity contribution in [2.75, 3.05) is 0 Å². The molecule has 0 heterocycles.